The molecule has 2 heterocycles. The quantitative estimate of drug-likeness (QED) is 0.760. The second-order valence-electron chi connectivity index (χ2n) is 4.74. The van der Waals surface area contributed by atoms with Crippen molar-refractivity contribution in [2.24, 2.45) is 0 Å². The highest BCUT2D eigenvalue weighted by atomic mass is 35.5. The minimum absolute atomic E-state index is 0.0771. The van der Waals surface area contributed by atoms with Crippen LogP contribution in [0.15, 0.2) is 36.0 Å². The Balaban J connectivity index is 1.78. The number of nitrogens with one attached hydrogen (secondary N) is 1. The molecular weight excluding hydrogens is 351 g/mol. The molecule has 0 unspecified atom stereocenters. The van der Waals surface area contributed by atoms with Crippen molar-refractivity contribution in [1.29, 1.82) is 0 Å². The fourth-order valence-corrected chi connectivity index (χ4v) is 3.11. The van der Waals surface area contributed by atoms with Crippen LogP contribution in [-0.4, -0.2) is 15.3 Å². The van der Waals surface area contributed by atoms with Gasteiger partial charge in [-0.2, -0.15) is 13.2 Å². The van der Waals surface area contributed by atoms with Crippen molar-refractivity contribution in [3.63, 3.8) is 0 Å². The number of hydrogen-bond acceptors (Lipinski definition) is 3. The number of hydrogen-bond donors (Lipinski definition) is 1. The first-order valence-electron chi connectivity index (χ1n) is 6.40. The summed E-state index contributed by atoms with van der Waals surface area (Å²) in [4.78, 5) is 16.1. The van der Waals surface area contributed by atoms with Gasteiger partial charge in [-0.25, -0.2) is 4.98 Å². The van der Waals surface area contributed by atoms with Gasteiger partial charge in [-0.15, -0.1) is 11.3 Å². The van der Waals surface area contributed by atoms with E-state index >= 15 is 0 Å². The van der Waals surface area contributed by atoms with Crippen LogP contribution in [0.25, 0.3) is 4.83 Å². The molecule has 0 saturated heterocycles. The molecular formula is C14H9ClF3N3OS. The van der Waals surface area contributed by atoms with E-state index in [1.165, 1.54) is 0 Å². The summed E-state index contributed by atoms with van der Waals surface area (Å²) in [5, 5.41) is 4.08. The first-order valence-corrected chi connectivity index (χ1v) is 7.66. The first kappa shape index (κ1) is 15.8. The molecule has 9 heteroatoms. The molecule has 1 amide bonds. The molecule has 23 heavy (non-hydrogen) atoms. The zero-order valence-electron chi connectivity index (χ0n) is 11.4. The SMILES string of the molecule is O=C(Cc1ccc(Cl)cc1)Nc1ncn2c(C(F)(F)F)csc12. The Kier molecular flexibility index (Phi) is 4.03. The van der Waals surface area contributed by atoms with Gasteiger partial charge in [0.2, 0.25) is 5.91 Å². The van der Waals surface area contributed by atoms with Crippen LogP contribution in [0.3, 0.4) is 0 Å². The van der Waals surface area contributed by atoms with Gasteiger partial charge in [-0.05, 0) is 17.7 Å². The normalized spacial score (nSPS) is 11.8. The predicted octanol–water partition coefficient (Wildman–Crippen LogP) is 4.25. The predicted molar refractivity (Wildman–Crippen MR) is 81.9 cm³/mol. The fraction of sp³-hybridized carbons (Fsp3) is 0.143. The van der Waals surface area contributed by atoms with Crippen molar-refractivity contribution < 1.29 is 18.0 Å². The van der Waals surface area contributed by atoms with Gasteiger partial charge < -0.3 is 5.32 Å². The molecule has 0 aliphatic carbocycles. The molecule has 0 atom stereocenters. The highest BCUT2D eigenvalue weighted by Gasteiger charge is 2.35. The molecule has 1 aromatic carbocycles. The number of carbonyl (C=O) groups is 1. The summed E-state index contributed by atoms with van der Waals surface area (Å²) in [6.45, 7) is 0. The topological polar surface area (TPSA) is 46.4 Å². The number of halogens is 4. The van der Waals surface area contributed by atoms with Crippen LogP contribution in [0.4, 0.5) is 19.0 Å². The summed E-state index contributed by atoms with van der Waals surface area (Å²) in [5.74, 6) is -0.251. The molecule has 0 radical (unpaired) electrons. The Labute approximate surface area is 137 Å². The number of benzene rings is 1. The minimum Gasteiger partial charge on any atom is -0.308 e. The van der Waals surface area contributed by atoms with Crippen LogP contribution >= 0.6 is 22.9 Å². The molecule has 0 aliphatic rings. The third-order valence-electron chi connectivity index (χ3n) is 3.09. The minimum atomic E-state index is -4.47. The highest BCUT2D eigenvalue weighted by Crippen LogP contribution is 2.34. The number of aromatic nitrogens is 2. The number of alkyl halides is 3. The summed E-state index contributed by atoms with van der Waals surface area (Å²) in [7, 11) is 0. The lowest BCUT2D eigenvalue weighted by atomic mass is 10.1. The van der Waals surface area contributed by atoms with E-state index in [-0.39, 0.29) is 23.0 Å². The second-order valence-corrected chi connectivity index (χ2v) is 6.03. The summed E-state index contributed by atoms with van der Waals surface area (Å²) in [5.41, 5.74) is -0.0762. The van der Waals surface area contributed by atoms with Crippen LogP contribution in [0, 0.1) is 0 Å². The standard InChI is InChI=1S/C14H9ClF3N3OS/c15-9-3-1-8(2-4-9)5-11(22)20-12-13-21(7-19-12)10(6-23-13)14(16,17)18/h1-4,6-7H,5H2,(H,20,22). The Morgan fingerprint density at radius 1 is 1.30 bits per heavy atom. The van der Waals surface area contributed by atoms with Crippen LogP contribution in [-0.2, 0) is 17.4 Å². The maximum absolute atomic E-state index is 12.8. The van der Waals surface area contributed by atoms with E-state index in [1.54, 1.807) is 24.3 Å². The number of nitrogens with zero attached hydrogens (tertiary/aromatic N) is 2. The molecule has 0 fully saturated rings. The van der Waals surface area contributed by atoms with Gasteiger partial charge in [0.05, 0.1) is 6.42 Å². The van der Waals surface area contributed by atoms with Gasteiger partial charge >= 0.3 is 6.18 Å². The Hall–Kier alpha value is -2.06. The van der Waals surface area contributed by atoms with Crippen molar-refractivity contribution in [1.82, 2.24) is 9.38 Å². The highest BCUT2D eigenvalue weighted by molar-refractivity contribution is 7.16. The molecule has 1 N–H and O–H groups in total. The lowest BCUT2D eigenvalue weighted by Crippen LogP contribution is -2.14. The Morgan fingerprint density at radius 2 is 2.00 bits per heavy atom. The van der Waals surface area contributed by atoms with E-state index in [2.05, 4.69) is 10.3 Å². The number of rotatable bonds is 3. The van der Waals surface area contributed by atoms with Crippen molar-refractivity contribution in [2.75, 3.05) is 5.32 Å². The van der Waals surface area contributed by atoms with E-state index in [4.69, 9.17) is 11.6 Å². The third kappa shape index (κ3) is 3.32. The van der Waals surface area contributed by atoms with Crippen molar-refractivity contribution in [2.45, 2.75) is 12.6 Å². The molecule has 2 aromatic heterocycles. The van der Waals surface area contributed by atoms with E-state index in [0.29, 0.717) is 5.02 Å². The van der Waals surface area contributed by atoms with Gasteiger partial charge in [0, 0.05) is 10.4 Å². The maximum Gasteiger partial charge on any atom is 0.432 e. The largest absolute Gasteiger partial charge is 0.432 e. The second kappa shape index (κ2) is 5.86. The van der Waals surface area contributed by atoms with Crippen molar-refractivity contribution in [3.8, 4) is 0 Å². The van der Waals surface area contributed by atoms with Gasteiger partial charge in [-0.3, -0.25) is 9.20 Å². The first-order chi connectivity index (χ1) is 10.8. The summed E-state index contributed by atoms with van der Waals surface area (Å²) in [6.07, 6.45) is -3.34. The Bertz CT molecular complexity index is 854. The maximum atomic E-state index is 12.8. The van der Waals surface area contributed by atoms with E-state index in [0.717, 1.165) is 33.0 Å². The molecule has 120 valence electrons. The molecule has 0 bridgehead atoms. The average molecular weight is 360 g/mol. The van der Waals surface area contributed by atoms with Gasteiger partial charge in [0.1, 0.15) is 16.9 Å². The summed E-state index contributed by atoms with van der Waals surface area (Å²) >= 11 is 6.64. The van der Waals surface area contributed by atoms with Crippen LogP contribution in [0.5, 0.6) is 0 Å². The number of anilines is 1. The van der Waals surface area contributed by atoms with Gasteiger partial charge in [0.25, 0.3) is 0 Å². The van der Waals surface area contributed by atoms with E-state index < -0.39 is 11.9 Å². The molecule has 3 rings (SSSR count). The van der Waals surface area contributed by atoms with Gasteiger partial charge in [-0.1, -0.05) is 23.7 Å². The van der Waals surface area contributed by atoms with Crippen LogP contribution < -0.4 is 5.32 Å². The molecule has 3 aromatic rings. The third-order valence-corrected chi connectivity index (χ3v) is 4.30. The fourth-order valence-electron chi connectivity index (χ4n) is 2.04. The number of imidazole rings is 1. The zero-order valence-corrected chi connectivity index (χ0v) is 13.0. The number of carbonyl (C=O) groups excluding carboxylic acids is 1. The number of thiazole rings is 1. The number of fused-ring (bicyclic) bond motifs is 1. The Morgan fingerprint density at radius 3 is 2.65 bits per heavy atom. The summed E-state index contributed by atoms with van der Waals surface area (Å²) < 4.78 is 39.3. The van der Waals surface area contributed by atoms with Crippen LogP contribution in [0.2, 0.25) is 5.02 Å². The average Bonchev–Trinajstić information content (AvgIpc) is 3.03. The molecule has 4 nitrogen and oxygen atoms in total. The van der Waals surface area contributed by atoms with Crippen molar-refractivity contribution in [3.05, 3.63) is 52.3 Å². The molecule has 0 aliphatic heterocycles. The smallest absolute Gasteiger partial charge is 0.308 e. The lowest BCUT2D eigenvalue weighted by Gasteiger charge is -2.03. The molecule has 0 saturated carbocycles. The van der Waals surface area contributed by atoms with E-state index in [9.17, 15) is 18.0 Å². The van der Waals surface area contributed by atoms with Gasteiger partial charge in [0.15, 0.2) is 5.82 Å². The molecule has 0 spiro atoms. The number of amides is 1. The summed E-state index contributed by atoms with van der Waals surface area (Å²) in [6, 6.07) is 6.73. The lowest BCUT2D eigenvalue weighted by molar-refractivity contribution is -0.141. The van der Waals surface area contributed by atoms with Crippen LogP contribution in [0.1, 0.15) is 11.3 Å². The van der Waals surface area contributed by atoms with Crippen molar-refractivity contribution >= 4 is 39.5 Å². The van der Waals surface area contributed by atoms with E-state index in [1.807, 2.05) is 0 Å². The zero-order chi connectivity index (χ0) is 16.6. The monoisotopic (exact) mass is 359 g/mol.